The second-order valence-corrected chi connectivity index (χ2v) is 6.63. The van der Waals surface area contributed by atoms with Gasteiger partial charge in [-0.2, -0.15) is 4.98 Å². The number of piperidine rings is 1. The molecule has 1 aromatic heterocycles. The van der Waals surface area contributed by atoms with Crippen LogP contribution >= 0.6 is 11.6 Å². The summed E-state index contributed by atoms with van der Waals surface area (Å²) < 4.78 is 0. The second kappa shape index (κ2) is 7.29. The van der Waals surface area contributed by atoms with Gasteiger partial charge < -0.3 is 5.32 Å². The van der Waals surface area contributed by atoms with Gasteiger partial charge in [0.25, 0.3) is 0 Å². The van der Waals surface area contributed by atoms with E-state index in [-0.39, 0.29) is 0 Å². The third-order valence-electron chi connectivity index (χ3n) is 4.46. The molecule has 2 N–H and O–H groups in total. The van der Waals surface area contributed by atoms with Crippen molar-refractivity contribution < 1.29 is 0 Å². The first-order chi connectivity index (χ1) is 10.7. The van der Waals surface area contributed by atoms with Gasteiger partial charge in [-0.15, -0.1) is 0 Å². The summed E-state index contributed by atoms with van der Waals surface area (Å²) >= 11 is 5.85. The lowest BCUT2D eigenvalue weighted by Gasteiger charge is -2.33. The Hall–Kier alpha value is -1.33. The van der Waals surface area contributed by atoms with E-state index in [1.165, 1.54) is 25.7 Å². The number of allylic oxidation sites excluding steroid dienone is 1. The standard InChI is InChI=1S/C16H23ClN4O/c17-14-10-15(20-16(22)19-14)18-13-6-8-21(9-7-13)11-12-4-2-1-3-5-12/h4,10,13H,1-3,5-9,11H2,(H2,18,19,20,22). The van der Waals surface area contributed by atoms with E-state index >= 15 is 0 Å². The van der Waals surface area contributed by atoms with Crippen LogP contribution in [0, 0.1) is 0 Å². The van der Waals surface area contributed by atoms with Gasteiger partial charge >= 0.3 is 5.69 Å². The number of rotatable bonds is 4. The molecule has 1 aliphatic carbocycles. The Labute approximate surface area is 135 Å². The highest BCUT2D eigenvalue weighted by Crippen LogP contribution is 2.21. The molecule has 0 bridgehead atoms. The Morgan fingerprint density at radius 3 is 2.86 bits per heavy atom. The Balaban J connectivity index is 1.49. The Morgan fingerprint density at radius 2 is 2.18 bits per heavy atom. The van der Waals surface area contributed by atoms with Gasteiger partial charge in [0, 0.05) is 31.7 Å². The van der Waals surface area contributed by atoms with E-state index in [4.69, 9.17) is 11.6 Å². The van der Waals surface area contributed by atoms with Crippen LogP contribution in [-0.4, -0.2) is 40.5 Å². The molecule has 0 unspecified atom stereocenters. The highest BCUT2D eigenvalue weighted by molar-refractivity contribution is 6.29. The molecular formula is C16H23ClN4O. The Kier molecular flexibility index (Phi) is 5.16. The highest BCUT2D eigenvalue weighted by atomic mass is 35.5. The zero-order chi connectivity index (χ0) is 15.4. The normalized spacial score (nSPS) is 20.7. The fraction of sp³-hybridized carbons (Fsp3) is 0.625. The molecule has 1 aromatic rings. The van der Waals surface area contributed by atoms with Crippen molar-refractivity contribution in [3.8, 4) is 0 Å². The quantitative estimate of drug-likeness (QED) is 0.661. The average Bonchev–Trinajstić information content (AvgIpc) is 2.49. The van der Waals surface area contributed by atoms with Crippen LogP contribution < -0.4 is 11.0 Å². The number of hydrogen-bond donors (Lipinski definition) is 2. The lowest BCUT2D eigenvalue weighted by Crippen LogP contribution is -2.40. The minimum absolute atomic E-state index is 0.323. The Morgan fingerprint density at radius 1 is 1.36 bits per heavy atom. The molecule has 0 saturated carbocycles. The number of nitrogens with one attached hydrogen (secondary N) is 2. The molecule has 0 amide bonds. The third-order valence-corrected chi connectivity index (χ3v) is 4.67. The summed E-state index contributed by atoms with van der Waals surface area (Å²) in [6.07, 6.45) is 9.78. The molecule has 1 fully saturated rings. The van der Waals surface area contributed by atoms with Gasteiger partial charge in [-0.25, -0.2) is 4.79 Å². The lowest BCUT2D eigenvalue weighted by molar-refractivity contribution is 0.232. The van der Waals surface area contributed by atoms with E-state index in [0.29, 0.717) is 17.0 Å². The van der Waals surface area contributed by atoms with Crippen molar-refractivity contribution in [2.75, 3.05) is 25.0 Å². The molecule has 120 valence electrons. The van der Waals surface area contributed by atoms with Crippen LogP contribution in [0.15, 0.2) is 22.5 Å². The number of aromatic nitrogens is 2. The molecule has 2 heterocycles. The van der Waals surface area contributed by atoms with Crippen LogP contribution in [0.3, 0.4) is 0 Å². The van der Waals surface area contributed by atoms with Gasteiger partial charge in [0.2, 0.25) is 0 Å². The number of hydrogen-bond acceptors (Lipinski definition) is 4. The molecule has 1 aliphatic heterocycles. The van der Waals surface area contributed by atoms with E-state index in [1.54, 1.807) is 11.6 Å². The predicted molar refractivity (Wildman–Crippen MR) is 89.5 cm³/mol. The van der Waals surface area contributed by atoms with Gasteiger partial charge in [-0.05, 0) is 38.5 Å². The lowest BCUT2D eigenvalue weighted by atomic mass is 9.98. The number of H-pyrrole nitrogens is 1. The van der Waals surface area contributed by atoms with Gasteiger partial charge in [0.05, 0.1) is 0 Å². The fourth-order valence-electron chi connectivity index (χ4n) is 3.28. The van der Waals surface area contributed by atoms with Crippen LogP contribution in [-0.2, 0) is 0 Å². The molecule has 5 nitrogen and oxygen atoms in total. The van der Waals surface area contributed by atoms with Crippen molar-refractivity contribution in [1.82, 2.24) is 14.9 Å². The van der Waals surface area contributed by atoms with Crippen molar-refractivity contribution in [3.05, 3.63) is 33.4 Å². The van der Waals surface area contributed by atoms with Crippen molar-refractivity contribution in [1.29, 1.82) is 0 Å². The summed E-state index contributed by atoms with van der Waals surface area (Å²) in [4.78, 5) is 20.2. The highest BCUT2D eigenvalue weighted by Gasteiger charge is 2.20. The van der Waals surface area contributed by atoms with Gasteiger partial charge in [-0.3, -0.25) is 9.88 Å². The molecule has 2 aliphatic rings. The maximum Gasteiger partial charge on any atom is 0.347 e. The summed E-state index contributed by atoms with van der Waals surface area (Å²) in [5.41, 5.74) is 1.21. The fourth-order valence-corrected chi connectivity index (χ4v) is 3.47. The van der Waals surface area contributed by atoms with Crippen LogP contribution in [0.5, 0.6) is 0 Å². The van der Waals surface area contributed by atoms with Crippen LogP contribution in [0.4, 0.5) is 5.82 Å². The maximum atomic E-state index is 11.3. The zero-order valence-electron chi connectivity index (χ0n) is 12.8. The van der Waals surface area contributed by atoms with Crippen molar-refractivity contribution in [2.24, 2.45) is 0 Å². The Bertz CT molecular complexity index is 590. The molecule has 0 radical (unpaired) electrons. The number of likely N-dealkylation sites (tertiary alicyclic amines) is 1. The first kappa shape index (κ1) is 15.6. The summed E-state index contributed by atoms with van der Waals surface area (Å²) in [7, 11) is 0. The number of halogens is 1. The van der Waals surface area contributed by atoms with Gasteiger partial charge in [0.1, 0.15) is 11.0 Å². The third kappa shape index (κ3) is 4.34. The molecule has 0 spiro atoms. The molecule has 6 heteroatoms. The number of nitrogens with zero attached hydrogens (tertiary/aromatic N) is 2. The topological polar surface area (TPSA) is 61.0 Å². The van der Waals surface area contributed by atoms with Crippen molar-refractivity contribution in [3.63, 3.8) is 0 Å². The summed E-state index contributed by atoms with van der Waals surface area (Å²) in [5, 5.41) is 3.65. The average molecular weight is 323 g/mol. The molecule has 0 aromatic carbocycles. The van der Waals surface area contributed by atoms with Crippen LogP contribution in [0.1, 0.15) is 38.5 Å². The minimum atomic E-state index is -0.406. The maximum absolute atomic E-state index is 11.3. The number of aromatic amines is 1. The SMILES string of the molecule is O=c1nc(NC2CCN(CC3=CCCCC3)CC2)cc(Cl)[nH]1. The van der Waals surface area contributed by atoms with E-state index in [0.717, 1.165) is 32.5 Å². The van der Waals surface area contributed by atoms with E-state index in [9.17, 15) is 4.79 Å². The second-order valence-electron chi connectivity index (χ2n) is 6.22. The molecule has 1 saturated heterocycles. The first-order valence-corrected chi connectivity index (χ1v) is 8.50. The minimum Gasteiger partial charge on any atom is -0.367 e. The summed E-state index contributed by atoms with van der Waals surface area (Å²) in [6, 6.07) is 2.03. The van der Waals surface area contributed by atoms with E-state index < -0.39 is 5.69 Å². The molecule has 3 rings (SSSR count). The molecular weight excluding hydrogens is 300 g/mol. The predicted octanol–water partition coefficient (Wildman–Crippen LogP) is 2.80. The van der Waals surface area contributed by atoms with E-state index in [1.807, 2.05) is 0 Å². The van der Waals surface area contributed by atoms with E-state index in [2.05, 4.69) is 26.3 Å². The van der Waals surface area contributed by atoms with Gasteiger partial charge in [-0.1, -0.05) is 23.3 Å². The number of anilines is 1. The van der Waals surface area contributed by atoms with Crippen LogP contribution in [0.2, 0.25) is 5.15 Å². The summed E-state index contributed by atoms with van der Waals surface area (Å²) in [5.74, 6) is 0.571. The molecule has 0 atom stereocenters. The van der Waals surface area contributed by atoms with Crippen molar-refractivity contribution in [2.45, 2.75) is 44.6 Å². The van der Waals surface area contributed by atoms with Gasteiger partial charge in [0.15, 0.2) is 0 Å². The largest absolute Gasteiger partial charge is 0.367 e. The monoisotopic (exact) mass is 322 g/mol. The van der Waals surface area contributed by atoms with Crippen LogP contribution in [0.25, 0.3) is 0 Å². The molecule has 22 heavy (non-hydrogen) atoms. The zero-order valence-corrected chi connectivity index (χ0v) is 13.5. The smallest absolute Gasteiger partial charge is 0.347 e. The first-order valence-electron chi connectivity index (χ1n) is 8.13. The van der Waals surface area contributed by atoms with Crippen molar-refractivity contribution >= 4 is 17.4 Å². The summed E-state index contributed by atoms with van der Waals surface area (Å²) in [6.45, 7) is 3.31.